The van der Waals surface area contributed by atoms with E-state index in [1.54, 1.807) is 0 Å². The Labute approximate surface area is 93.9 Å². The zero-order valence-electron chi connectivity index (χ0n) is 8.98. The Morgan fingerprint density at radius 3 is 2.94 bits per heavy atom. The molecule has 0 aromatic heterocycles. The smallest absolute Gasteiger partial charge is 0.220 e. The van der Waals surface area contributed by atoms with Crippen molar-refractivity contribution in [1.82, 2.24) is 0 Å². The first-order valence-corrected chi connectivity index (χ1v) is 5.48. The molecule has 1 aliphatic heterocycles. The van der Waals surface area contributed by atoms with Crippen LogP contribution in [0.4, 0.5) is 0 Å². The molecule has 1 heterocycles. The number of rotatable bonds is 3. The summed E-state index contributed by atoms with van der Waals surface area (Å²) in [5, 5.41) is 0. The molecule has 86 valence electrons. The summed E-state index contributed by atoms with van der Waals surface area (Å²) in [7, 11) is 0. The van der Waals surface area contributed by atoms with Crippen molar-refractivity contribution in [3.8, 4) is 0 Å². The van der Waals surface area contributed by atoms with Gasteiger partial charge >= 0.3 is 0 Å². The monoisotopic (exact) mass is 222 g/mol. The van der Waals surface area contributed by atoms with Crippen molar-refractivity contribution in [2.24, 2.45) is 0 Å². The van der Waals surface area contributed by atoms with E-state index in [1.165, 1.54) is 18.2 Å². The standard InChI is InChI=1S/C12H14O4/c13-9-4-5-11(14)12(7-9)16-8-10-3-1-2-6-15-10/h4-5,7,10H,1-3,6,8H2. The lowest BCUT2D eigenvalue weighted by Crippen LogP contribution is -2.25. The molecule has 2 aliphatic rings. The second kappa shape index (κ2) is 5.07. The Balaban J connectivity index is 1.85. The van der Waals surface area contributed by atoms with Crippen molar-refractivity contribution in [1.29, 1.82) is 0 Å². The van der Waals surface area contributed by atoms with Crippen LogP contribution >= 0.6 is 0 Å². The first-order chi connectivity index (χ1) is 7.75. The van der Waals surface area contributed by atoms with Crippen LogP contribution < -0.4 is 0 Å². The molecule has 0 bridgehead atoms. The number of carbonyl (C=O) groups is 2. The Bertz CT molecular complexity index is 348. The average Bonchev–Trinajstić information content (AvgIpc) is 2.32. The molecule has 0 radical (unpaired) electrons. The van der Waals surface area contributed by atoms with E-state index in [0.29, 0.717) is 6.61 Å². The van der Waals surface area contributed by atoms with Gasteiger partial charge in [-0.2, -0.15) is 0 Å². The summed E-state index contributed by atoms with van der Waals surface area (Å²) >= 11 is 0. The van der Waals surface area contributed by atoms with Crippen LogP contribution in [0.25, 0.3) is 0 Å². The van der Waals surface area contributed by atoms with E-state index in [2.05, 4.69) is 0 Å². The fraction of sp³-hybridized carbons (Fsp3) is 0.500. The van der Waals surface area contributed by atoms with Crippen molar-refractivity contribution in [2.45, 2.75) is 25.4 Å². The van der Waals surface area contributed by atoms with E-state index in [1.807, 2.05) is 0 Å². The van der Waals surface area contributed by atoms with Gasteiger partial charge in [-0.3, -0.25) is 9.59 Å². The summed E-state index contributed by atoms with van der Waals surface area (Å²) in [4.78, 5) is 22.4. The molecule has 0 aromatic carbocycles. The molecule has 1 aliphatic carbocycles. The summed E-state index contributed by atoms with van der Waals surface area (Å²) in [6.07, 6.45) is 6.91. The van der Waals surface area contributed by atoms with E-state index in [0.717, 1.165) is 25.9 Å². The SMILES string of the molecule is O=C1C=CC(=O)C(OCC2CCCCO2)=C1. The maximum atomic E-state index is 11.3. The number of hydrogen-bond acceptors (Lipinski definition) is 4. The van der Waals surface area contributed by atoms with Gasteiger partial charge in [0.05, 0.1) is 6.10 Å². The topological polar surface area (TPSA) is 52.6 Å². The van der Waals surface area contributed by atoms with Crippen LogP contribution in [0.2, 0.25) is 0 Å². The summed E-state index contributed by atoms with van der Waals surface area (Å²) in [5.41, 5.74) is 0. The number of carbonyl (C=O) groups excluding carboxylic acids is 2. The number of ketones is 2. The molecule has 0 amide bonds. The maximum absolute atomic E-state index is 11.3. The van der Waals surface area contributed by atoms with Crippen LogP contribution in [0.5, 0.6) is 0 Å². The minimum absolute atomic E-state index is 0.0449. The van der Waals surface area contributed by atoms with Gasteiger partial charge in [0.15, 0.2) is 11.5 Å². The molecule has 0 aromatic rings. The molecule has 4 heteroatoms. The zero-order chi connectivity index (χ0) is 11.4. The molecule has 1 unspecified atom stereocenters. The Kier molecular flexibility index (Phi) is 3.51. The van der Waals surface area contributed by atoms with Gasteiger partial charge in [0.25, 0.3) is 0 Å². The number of ether oxygens (including phenoxy) is 2. The van der Waals surface area contributed by atoms with Crippen LogP contribution in [-0.4, -0.2) is 30.9 Å². The van der Waals surface area contributed by atoms with Gasteiger partial charge in [-0.15, -0.1) is 0 Å². The van der Waals surface area contributed by atoms with Crippen molar-refractivity contribution in [3.63, 3.8) is 0 Å². The van der Waals surface area contributed by atoms with Crippen LogP contribution in [-0.2, 0) is 19.1 Å². The summed E-state index contributed by atoms with van der Waals surface area (Å²) in [5.74, 6) is -0.337. The minimum Gasteiger partial charge on any atom is -0.487 e. The Morgan fingerprint density at radius 1 is 1.31 bits per heavy atom. The molecule has 0 saturated carbocycles. The van der Waals surface area contributed by atoms with E-state index < -0.39 is 0 Å². The molecule has 1 saturated heterocycles. The van der Waals surface area contributed by atoms with Crippen molar-refractivity contribution in [2.75, 3.05) is 13.2 Å². The molecule has 1 fully saturated rings. The molecule has 0 N–H and O–H groups in total. The van der Waals surface area contributed by atoms with Gasteiger partial charge in [0, 0.05) is 12.7 Å². The lowest BCUT2D eigenvalue weighted by atomic mass is 10.1. The lowest BCUT2D eigenvalue weighted by Gasteiger charge is -2.23. The number of hydrogen-bond donors (Lipinski definition) is 0. The minimum atomic E-state index is -0.254. The molecule has 1 atom stereocenters. The zero-order valence-corrected chi connectivity index (χ0v) is 8.98. The van der Waals surface area contributed by atoms with Gasteiger partial charge in [-0.1, -0.05) is 0 Å². The lowest BCUT2D eigenvalue weighted by molar-refractivity contribution is -0.118. The fourth-order valence-corrected chi connectivity index (χ4v) is 1.72. The quantitative estimate of drug-likeness (QED) is 0.672. The van der Waals surface area contributed by atoms with Crippen LogP contribution in [0.1, 0.15) is 19.3 Å². The third-order valence-corrected chi connectivity index (χ3v) is 2.61. The van der Waals surface area contributed by atoms with Crippen molar-refractivity contribution >= 4 is 11.6 Å². The van der Waals surface area contributed by atoms with Gasteiger partial charge < -0.3 is 9.47 Å². The molecule has 0 spiro atoms. The van der Waals surface area contributed by atoms with E-state index in [4.69, 9.17) is 9.47 Å². The highest BCUT2D eigenvalue weighted by Gasteiger charge is 2.19. The van der Waals surface area contributed by atoms with Crippen molar-refractivity contribution in [3.05, 3.63) is 24.0 Å². The Morgan fingerprint density at radius 2 is 2.19 bits per heavy atom. The molecule has 16 heavy (non-hydrogen) atoms. The maximum Gasteiger partial charge on any atom is 0.220 e. The van der Waals surface area contributed by atoms with E-state index in [9.17, 15) is 9.59 Å². The first kappa shape index (κ1) is 11.1. The normalized spacial score (nSPS) is 25.5. The van der Waals surface area contributed by atoms with Gasteiger partial charge in [0.2, 0.25) is 5.78 Å². The first-order valence-electron chi connectivity index (χ1n) is 5.48. The van der Waals surface area contributed by atoms with Crippen LogP contribution in [0.15, 0.2) is 24.0 Å². The van der Waals surface area contributed by atoms with Gasteiger partial charge in [-0.25, -0.2) is 0 Å². The molecule has 4 nitrogen and oxygen atoms in total. The second-order valence-corrected chi connectivity index (χ2v) is 3.91. The predicted octanol–water partition coefficient (Wildman–Crippen LogP) is 1.16. The van der Waals surface area contributed by atoms with Crippen molar-refractivity contribution < 1.29 is 19.1 Å². The highest BCUT2D eigenvalue weighted by molar-refractivity contribution is 6.16. The molecule has 2 rings (SSSR count). The van der Waals surface area contributed by atoms with Gasteiger partial charge in [0.1, 0.15) is 6.61 Å². The third-order valence-electron chi connectivity index (χ3n) is 2.61. The summed E-state index contributed by atoms with van der Waals surface area (Å²) in [6.45, 7) is 1.10. The Hall–Kier alpha value is -1.42. The van der Waals surface area contributed by atoms with E-state index in [-0.39, 0.29) is 23.4 Å². The van der Waals surface area contributed by atoms with Gasteiger partial charge in [-0.05, 0) is 31.4 Å². The average molecular weight is 222 g/mol. The largest absolute Gasteiger partial charge is 0.487 e. The second-order valence-electron chi connectivity index (χ2n) is 3.91. The van der Waals surface area contributed by atoms with Crippen LogP contribution in [0.3, 0.4) is 0 Å². The van der Waals surface area contributed by atoms with E-state index >= 15 is 0 Å². The number of allylic oxidation sites excluding steroid dienone is 3. The predicted molar refractivity (Wildman–Crippen MR) is 56.8 cm³/mol. The summed E-state index contributed by atoms with van der Waals surface area (Å²) < 4.78 is 10.8. The molecular weight excluding hydrogens is 208 g/mol. The third kappa shape index (κ3) is 2.79. The van der Waals surface area contributed by atoms with Crippen LogP contribution in [0, 0.1) is 0 Å². The fourth-order valence-electron chi connectivity index (χ4n) is 1.72. The highest BCUT2D eigenvalue weighted by atomic mass is 16.5. The highest BCUT2D eigenvalue weighted by Crippen LogP contribution is 2.15. The summed E-state index contributed by atoms with van der Waals surface area (Å²) in [6, 6.07) is 0. The molecular formula is C12H14O4.